The summed E-state index contributed by atoms with van der Waals surface area (Å²) in [6, 6.07) is 8.73. The number of benzene rings is 1. The average molecular weight is 383 g/mol. The van der Waals surface area contributed by atoms with Crippen molar-refractivity contribution in [3.05, 3.63) is 51.4 Å². The van der Waals surface area contributed by atoms with Crippen molar-refractivity contribution in [2.75, 3.05) is 18.4 Å². The van der Waals surface area contributed by atoms with E-state index in [0.717, 1.165) is 71.9 Å². The Bertz CT molecular complexity index is 984. The van der Waals surface area contributed by atoms with Gasteiger partial charge in [-0.05, 0) is 50.4 Å². The van der Waals surface area contributed by atoms with Crippen LogP contribution in [0.5, 0.6) is 0 Å². The molecular weight excluding hydrogens is 356 g/mol. The van der Waals surface area contributed by atoms with Crippen molar-refractivity contribution in [3.8, 4) is 11.1 Å². The maximum Gasteiger partial charge on any atom is 0.266 e. The summed E-state index contributed by atoms with van der Waals surface area (Å²) in [6.07, 6.45) is 4.10. The van der Waals surface area contributed by atoms with E-state index in [1.54, 1.807) is 4.40 Å². The second-order valence-electron chi connectivity index (χ2n) is 7.25. The first-order valence-electron chi connectivity index (χ1n) is 9.74. The van der Waals surface area contributed by atoms with E-state index in [2.05, 4.69) is 29.7 Å². The molecule has 0 spiro atoms. The molecule has 27 heavy (non-hydrogen) atoms. The molecule has 1 aliphatic heterocycles. The molecule has 5 nitrogen and oxygen atoms in total. The van der Waals surface area contributed by atoms with Gasteiger partial charge in [-0.1, -0.05) is 25.5 Å². The van der Waals surface area contributed by atoms with E-state index in [1.165, 1.54) is 11.3 Å². The molecule has 3 aromatic rings. The van der Waals surface area contributed by atoms with Crippen molar-refractivity contribution in [3.63, 3.8) is 0 Å². The predicted octanol–water partition coefficient (Wildman–Crippen LogP) is 3.85. The third-order valence-electron chi connectivity index (χ3n) is 5.19. The standard InChI is InChI=1S/C21H26N4OS/c1-3-4-5-18-19(20(26)25-14(2)13-27-21(25)24-18)15-6-8-16(9-7-15)23-17-10-11-22-12-17/h6-9,13,17,22-23H,3-5,10-12H2,1-2H3/t17-/m1/s1. The van der Waals surface area contributed by atoms with Crippen LogP contribution in [0.15, 0.2) is 34.4 Å². The molecule has 0 radical (unpaired) electrons. The molecule has 1 saturated heterocycles. The van der Waals surface area contributed by atoms with Crippen LogP contribution in [0, 0.1) is 6.92 Å². The van der Waals surface area contributed by atoms with Gasteiger partial charge >= 0.3 is 0 Å². The number of thiazole rings is 1. The summed E-state index contributed by atoms with van der Waals surface area (Å²) >= 11 is 1.54. The van der Waals surface area contributed by atoms with Gasteiger partial charge in [-0.15, -0.1) is 11.3 Å². The van der Waals surface area contributed by atoms with Crippen LogP contribution in [0.1, 0.15) is 37.6 Å². The second-order valence-corrected chi connectivity index (χ2v) is 8.09. The van der Waals surface area contributed by atoms with Crippen LogP contribution in [0.3, 0.4) is 0 Å². The summed E-state index contributed by atoms with van der Waals surface area (Å²) in [6.45, 7) is 6.20. The summed E-state index contributed by atoms with van der Waals surface area (Å²) < 4.78 is 1.74. The average Bonchev–Trinajstić information content (AvgIpc) is 3.31. The molecule has 1 aromatic carbocycles. The second kappa shape index (κ2) is 7.82. The van der Waals surface area contributed by atoms with Gasteiger partial charge in [0.15, 0.2) is 4.96 Å². The Morgan fingerprint density at radius 2 is 2.15 bits per heavy atom. The summed E-state index contributed by atoms with van der Waals surface area (Å²) in [5.74, 6) is 0. The van der Waals surface area contributed by atoms with Crippen LogP contribution < -0.4 is 16.2 Å². The van der Waals surface area contributed by atoms with Gasteiger partial charge in [-0.25, -0.2) is 4.98 Å². The molecule has 1 atom stereocenters. The van der Waals surface area contributed by atoms with Gasteiger partial charge in [0, 0.05) is 29.3 Å². The summed E-state index contributed by atoms with van der Waals surface area (Å²) in [5, 5.41) is 8.93. The zero-order chi connectivity index (χ0) is 18.8. The Balaban J connectivity index is 1.73. The minimum Gasteiger partial charge on any atom is -0.381 e. The van der Waals surface area contributed by atoms with E-state index in [-0.39, 0.29) is 5.56 Å². The Hall–Kier alpha value is -2.18. The van der Waals surface area contributed by atoms with Gasteiger partial charge in [-0.2, -0.15) is 0 Å². The largest absolute Gasteiger partial charge is 0.381 e. The van der Waals surface area contributed by atoms with Gasteiger partial charge in [0.1, 0.15) is 0 Å². The van der Waals surface area contributed by atoms with E-state index in [1.807, 2.05) is 24.4 Å². The summed E-state index contributed by atoms with van der Waals surface area (Å²) in [5.41, 5.74) is 4.71. The first kappa shape index (κ1) is 18.2. The number of unbranched alkanes of at least 4 members (excludes halogenated alkanes) is 1. The number of fused-ring (bicyclic) bond motifs is 1. The molecule has 0 unspecified atom stereocenters. The van der Waals surface area contributed by atoms with Gasteiger partial charge in [0.2, 0.25) is 0 Å². The number of nitrogens with one attached hydrogen (secondary N) is 2. The van der Waals surface area contributed by atoms with Crippen molar-refractivity contribution in [2.45, 2.75) is 45.6 Å². The minimum atomic E-state index is 0.0468. The van der Waals surface area contributed by atoms with Crippen molar-refractivity contribution in [1.29, 1.82) is 0 Å². The molecule has 6 heteroatoms. The van der Waals surface area contributed by atoms with Gasteiger partial charge in [0.25, 0.3) is 5.56 Å². The number of nitrogens with zero attached hydrogens (tertiary/aromatic N) is 2. The third-order valence-corrected chi connectivity index (χ3v) is 6.13. The van der Waals surface area contributed by atoms with Crippen molar-refractivity contribution in [1.82, 2.24) is 14.7 Å². The summed E-state index contributed by atoms with van der Waals surface area (Å²) in [4.78, 5) is 18.9. The first-order valence-corrected chi connectivity index (χ1v) is 10.6. The molecular formula is C21H26N4OS. The van der Waals surface area contributed by atoms with Crippen LogP contribution in [-0.4, -0.2) is 28.5 Å². The highest BCUT2D eigenvalue weighted by Gasteiger charge is 2.17. The minimum absolute atomic E-state index is 0.0468. The highest BCUT2D eigenvalue weighted by atomic mass is 32.1. The summed E-state index contributed by atoms with van der Waals surface area (Å²) in [7, 11) is 0. The van der Waals surface area contributed by atoms with Gasteiger partial charge in [-0.3, -0.25) is 9.20 Å². The molecule has 142 valence electrons. The lowest BCUT2D eigenvalue weighted by Crippen LogP contribution is -2.22. The first-order chi connectivity index (χ1) is 13.2. The van der Waals surface area contributed by atoms with E-state index in [0.29, 0.717) is 6.04 Å². The van der Waals surface area contributed by atoms with E-state index >= 15 is 0 Å². The molecule has 0 saturated carbocycles. The molecule has 0 bridgehead atoms. The van der Waals surface area contributed by atoms with Crippen molar-refractivity contribution >= 4 is 22.0 Å². The van der Waals surface area contributed by atoms with Gasteiger partial charge in [0.05, 0.1) is 11.3 Å². The fraction of sp³-hybridized carbons (Fsp3) is 0.429. The SMILES string of the molecule is CCCCc1nc2scc(C)n2c(=O)c1-c1ccc(N[C@@H]2CCNC2)cc1. The fourth-order valence-corrected chi connectivity index (χ4v) is 4.56. The molecule has 2 N–H and O–H groups in total. The predicted molar refractivity (Wildman–Crippen MR) is 113 cm³/mol. The lowest BCUT2D eigenvalue weighted by Gasteiger charge is -2.14. The third kappa shape index (κ3) is 3.64. The zero-order valence-electron chi connectivity index (χ0n) is 15.9. The highest BCUT2D eigenvalue weighted by molar-refractivity contribution is 7.15. The van der Waals surface area contributed by atoms with Crippen LogP contribution in [0.4, 0.5) is 5.69 Å². The zero-order valence-corrected chi connectivity index (χ0v) is 16.7. The Labute approximate surface area is 163 Å². The lowest BCUT2D eigenvalue weighted by molar-refractivity contribution is 0.775. The topological polar surface area (TPSA) is 58.4 Å². The normalized spacial score (nSPS) is 16.9. The number of rotatable bonds is 6. The Kier molecular flexibility index (Phi) is 5.27. The van der Waals surface area contributed by atoms with Crippen LogP contribution in [-0.2, 0) is 6.42 Å². The molecule has 0 amide bonds. The van der Waals surface area contributed by atoms with E-state index < -0.39 is 0 Å². The molecule has 0 aliphatic carbocycles. The maximum absolute atomic E-state index is 13.3. The van der Waals surface area contributed by atoms with Crippen molar-refractivity contribution < 1.29 is 0 Å². The smallest absolute Gasteiger partial charge is 0.266 e. The number of aromatic nitrogens is 2. The molecule has 1 aliphatic rings. The van der Waals surface area contributed by atoms with E-state index in [9.17, 15) is 4.79 Å². The number of anilines is 1. The molecule has 4 rings (SSSR count). The number of hydrogen-bond acceptors (Lipinski definition) is 5. The maximum atomic E-state index is 13.3. The van der Waals surface area contributed by atoms with E-state index in [4.69, 9.17) is 4.98 Å². The molecule has 2 aromatic heterocycles. The van der Waals surface area contributed by atoms with Crippen LogP contribution in [0.2, 0.25) is 0 Å². The van der Waals surface area contributed by atoms with Crippen molar-refractivity contribution in [2.24, 2.45) is 0 Å². The monoisotopic (exact) mass is 382 g/mol. The number of hydrogen-bond donors (Lipinski definition) is 2. The molecule has 3 heterocycles. The Morgan fingerprint density at radius 1 is 1.33 bits per heavy atom. The fourth-order valence-electron chi connectivity index (χ4n) is 3.69. The highest BCUT2D eigenvalue weighted by Crippen LogP contribution is 2.25. The quantitative estimate of drug-likeness (QED) is 0.680. The lowest BCUT2D eigenvalue weighted by atomic mass is 10.0. The number of aryl methyl sites for hydroxylation is 2. The van der Waals surface area contributed by atoms with Gasteiger partial charge < -0.3 is 10.6 Å². The van der Waals surface area contributed by atoms with Crippen LogP contribution in [0.25, 0.3) is 16.1 Å². The van der Waals surface area contributed by atoms with Crippen LogP contribution >= 0.6 is 11.3 Å². The molecule has 1 fully saturated rings. The Morgan fingerprint density at radius 3 is 2.85 bits per heavy atom.